The van der Waals surface area contributed by atoms with Gasteiger partial charge >= 0.3 is 6.18 Å². The van der Waals surface area contributed by atoms with Gasteiger partial charge in [0.2, 0.25) is 0 Å². The van der Waals surface area contributed by atoms with Crippen molar-refractivity contribution in [1.29, 1.82) is 0 Å². The maximum absolute atomic E-state index is 13.2. The first-order valence-corrected chi connectivity index (χ1v) is 9.69. The van der Waals surface area contributed by atoms with E-state index < -0.39 is 22.8 Å². The molecule has 0 fully saturated rings. The van der Waals surface area contributed by atoms with Gasteiger partial charge in [-0.05, 0) is 46.4 Å². The van der Waals surface area contributed by atoms with Crippen LogP contribution in [-0.2, 0) is 18.4 Å². The zero-order chi connectivity index (χ0) is 22.0. The molecule has 0 heterocycles. The van der Waals surface area contributed by atoms with Crippen molar-refractivity contribution in [2.75, 3.05) is 0 Å². The minimum absolute atomic E-state index is 0.197. The standard InChI is InChI=1S/C25H25F3O2/c1-23(2,3)24(29,20-10-7-11-21(16-20)25(26,27)28)19-12-14-22(15-13-19)30-17-18-8-5-4-6-9-18/h4-16,29H,17H2,1-3H3. The van der Waals surface area contributed by atoms with Gasteiger partial charge in [-0.25, -0.2) is 0 Å². The number of halogens is 3. The lowest BCUT2D eigenvalue weighted by Gasteiger charge is -2.41. The molecule has 0 aliphatic rings. The van der Waals surface area contributed by atoms with Crippen LogP contribution in [0.25, 0.3) is 0 Å². The Morgan fingerprint density at radius 1 is 0.733 bits per heavy atom. The highest BCUT2D eigenvalue weighted by Crippen LogP contribution is 2.46. The summed E-state index contributed by atoms with van der Waals surface area (Å²) in [6.07, 6.45) is -4.48. The Bertz CT molecular complexity index is 974. The molecule has 1 atom stereocenters. The molecule has 0 aliphatic heterocycles. The fraction of sp³-hybridized carbons (Fsp3) is 0.280. The zero-order valence-corrected chi connectivity index (χ0v) is 17.2. The Labute approximate surface area is 175 Å². The van der Waals surface area contributed by atoms with Crippen LogP contribution in [0.2, 0.25) is 0 Å². The van der Waals surface area contributed by atoms with Crippen LogP contribution in [0, 0.1) is 5.41 Å². The van der Waals surface area contributed by atoms with Gasteiger partial charge in [0.1, 0.15) is 18.0 Å². The summed E-state index contributed by atoms with van der Waals surface area (Å²) < 4.78 is 45.5. The summed E-state index contributed by atoms with van der Waals surface area (Å²) in [7, 11) is 0. The molecular formula is C25H25F3O2. The molecule has 0 amide bonds. The number of alkyl halides is 3. The molecule has 0 bridgehead atoms. The topological polar surface area (TPSA) is 29.5 Å². The second-order valence-electron chi connectivity index (χ2n) is 8.34. The van der Waals surface area contributed by atoms with Crippen molar-refractivity contribution in [2.45, 2.75) is 39.2 Å². The van der Waals surface area contributed by atoms with E-state index in [-0.39, 0.29) is 5.56 Å². The third kappa shape index (κ3) is 4.51. The van der Waals surface area contributed by atoms with E-state index in [4.69, 9.17) is 4.74 Å². The van der Waals surface area contributed by atoms with E-state index in [2.05, 4.69) is 0 Å². The van der Waals surface area contributed by atoms with E-state index in [1.54, 1.807) is 45.0 Å². The molecular weight excluding hydrogens is 389 g/mol. The average Bonchev–Trinajstić information content (AvgIpc) is 2.71. The summed E-state index contributed by atoms with van der Waals surface area (Å²) in [5, 5.41) is 11.7. The number of rotatable bonds is 5. The maximum atomic E-state index is 13.2. The van der Waals surface area contributed by atoms with Crippen molar-refractivity contribution in [2.24, 2.45) is 5.41 Å². The lowest BCUT2D eigenvalue weighted by molar-refractivity contribution is -0.137. The minimum atomic E-state index is -4.48. The predicted octanol–water partition coefficient (Wildman–Crippen LogP) is 6.57. The van der Waals surface area contributed by atoms with Crippen molar-refractivity contribution >= 4 is 0 Å². The summed E-state index contributed by atoms with van der Waals surface area (Å²) in [6, 6.07) is 21.4. The summed E-state index contributed by atoms with van der Waals surface area (Å²) >= 11 is 0. The Hall–Kier alpha value is -2.79. The van der Waals surface area contributed by atoms with Gasteiger partial charge in [0.15, 0.2) is 0 Å². The Kier molecular flexibility index (Phi) is 5.95. The lowest BCUT2D eigenvalue weighted by Crippen LogP contribution is -2.41. The van der Waals surface area contributed by atoms with Crippen LogP contribution in [0.3, 0.4) is 0 Å². The first-order valence-electron chi connectivity index (χ1n) is 9.69. The molecule has 158 valence electrons. The van der Waals surface area contributed by atoms with Crippen LogP contribution >= 0.6 is 0 Å². The molecule has 3 aromatic carbocycles. The zero-order valence-electron chi connectivity index (χ0n) is 17.2. The molecule has 2 nitrogen and oxygen atoms in total. The van der Waals surface area contributed by atoms with Gasteiger partial charge in [-0.2, -0.15) is 13.2 Å². The second kappa shape index (κ2) is 8.15. The van der Waals surface area contributed by atoms with E-state index in [1.165, 1.54) is 12.1 Å². The summed E-state index contributed by atoms with van der Waals surface area (Å²) in [4.78, 5) is 0. The van der Waals surface area contributed by atoms with Crippen LogP contribution in [-0.4, -0.2) is 5.11 Å². The molecule has 3 aromatic rings. The first kappa shape index (κ1) is 21.9. The van der Waals surface area contributed by atoms with Gasteiger partial charge < -0.3 is 9.84 Å². The van der Waals surface area contributed by atoms with Crippen LogP contribution in [0.15, 0.2) is 78.9 Å². The van der Waals surface area contributed by atoms with E-state index in [0.717, 1.165) is 17.7 Å². The molecule has 3 rings (SSSR count). The van der Waals surface area contributed by atoms with Gasteiger partial charge in [-0.15, -0.1) is 0 Å². The van der Waals surface area contributed by atoms with Crippen molar-refractivity contribution in [1.82, 2.24) is 0 Å². The van der Waals surface area contributed by atoms with Crippen LogP contribution < -0.4 is 4.74 Å². The summed E-state index contributed by atoms with van der Waals surface area (Å²) in [5.41, 5.74) is -1.44. The highest BCUT2D eigenvalue weighted by molar-refractivity contribution is 5.42. The van der Waals surface area contributed by atoms with Crippen LogP contribution in [0.5, 0.6) is 5.75 Å². The van der Waals surface area contributed by atoms with E-state index >= 15 is 0 Å². The van der Waals surface area contributed by atoms with Gasteiger partial charge in [-0.3, -0.25) is 0 Å². The largest absolute Gasteiger partial charge is 0.489 e. The molecule has 1 N–H and O–H groups in total. The maximum Gasteiger partial charge on any atom is 0.416 e. The van der Waals surface area contributed by atoms with Gasteiger partial charge in [-0.1, -0.05) is 75.4 Å². The van der Waals surface area contributed by atoms with Crippen molar-refractivity contribution in [3.8, 4) is 5.75 Å². The molecule has 0 saturated heterocycles. The van der Waals surface area contributed by atoms with E-state index in [1.807, 2.05) is 30.3 Å². The molecule has 0 radical (unpaired) electrons. The Morgan fingerprint density at radius 2 is 1.33 bits per heavy atom. The number of benzene rings is 3. The molecule has 0 aromatic heterocycles. The summed E-state index contributed by atoms with van der Waals surface area (Å²) in [6.45, 7) is 5.80. The fourth-order valence-electron chi connectivity index (χ4n) is 3.49. The molecule has 1 unspecified atom stereocenters. The molecule has 0 aliphatic carbocycles. The first-order chi connectivity index (χ1) is 14.0. The normalized spacial score (nSPS) is 14.2. The van der Waals surface area contributed by atoms with Gasteiger partial charge in [0.05, 0.1) is 5.56 Å². The minimum Gasteiger partial charge on any atom is -0.489 e. The quantitative estimate of drug-likeness (QED) is 0.512. The van der Waals surface area contributed by atoms with Crippen molar-refractivity contribution < 1.29 is 23.0 Å². The Balaban J connectivity index is 1.93. The van der Waals surface area contributed by atoms with Crippen LogP contribution in [0.1, 0.15) is 43.0 Å². The van der Waals surface area contributed by atoms with Crippen molar-refractivity contribution in [3.05, 3.63) is 101 Å². The molecule has 5 heteroatoms. The van der Waals surface area contributed by atoms with Gasteiger partial charge in [0.25, 0.3) is 0 Å². The predicted molar refractivity (Wildman–Crippen MR) is 111 cm³/mol. The molecule has 30 heavy (non-hydrogen) atoms. The highest BCUT2D eigenvalue weighted by Gasteiger charge is 2.44. The average molecular weight is 414 g/mol. The number of aliphatic hydroxyl groups is 1. The van der Waals surface area contributed by atoms with E-state index in [9.17, 15) is 18.3 Å². The monoisotopic (exact) mass is 414 g/mol. The van der Waals surface area contributed by atoms with Crippen LogP contribution in [0.4, 0.5) is 13.2 Å². The third-order valence-corrected chi connectivity index (χ3v) is 5.21. The van der Waals surface area contributed by atoms with Crippen molar-refractivity contribution in [3.63, 3.8) is 0 Å². The smallest absolute Gasteiger partial charge is 0.416 e. The fourth-order valence-corrected chi connectivity index (χ4v) is 3.49. The second-order valence-corrected chi connectivity index (χ2v) is 8.34. The Morgan fingerprint density at radius 3 is 1.90 bits per heavy atom. The molecule has 0 saturated carbocycles. The lowest BCUT2D eigenvalue weighted by atomic mass is 9.68. The number of hydrogen-bond donors (Lipinski definition) is 1. The summed E-state index contributed by atoms with van der Waals surface area (Å²) in [5.74, 6) is 0.614. The number of ether oxygens (including phenoxy) is 1. The molecule has 0 spiro atoms. The number of hydrogen-bond acceptors (Lipinski definition) is 2. The highest BCUT2D eigenvalue weighted by atomic mass is 19.4. The van der Waals surface area contributed by atoms with Gasteiger partial charge in [0, 0.05) is 0 Å². The van der Waals surface area contributed by atoms with E-state index in [0.29, 0.717) is 17.9 Å². The SMILES string of the molecule is CC(C)(C)C(O)(c1ccc(OCc2ccccc2)cc1)c1cccc(C(F)(F)F)c1. The third-order valence-electron chi connectivity index (χ3n) is 5.21.